The van der Waals surface area contributed by atoms with Gasteiger partial charge < -0.3 is 20.3 Å². The third-order valence-corrected chi connectivity index (χ3v) is 3.44. The molecule has 0 rings (SSSR count). The molecule has 0 spiro atoms. The van der Waals surface area contributed by atoms with Gasteiger partial charge in [0, 0.05) is 20.2 Å². The Kier molecular flexibility index (Phi) is 8.03. The Morgan fingerprint density at radius 2 is 1.89 bits per heavy atom. The molecular formula is C14H31NO3. The molecule has 0 saturated carbocycles. The Labute approximate surface area is 112 Å². The van der Waals surface area contributed by atoms with Crippen LogP contribution in [0.2, 0.25) is 0 Å². The second-order valence-corrected chi connectivity index (χ2v) is 6.41. The molecule has 0 amide bonds. The summed E-state index contributed by atoms with van der Waals surface area (Å²) in [5.41, 5.74) is 0.327. The first-order chi connectivity index (χ1) is 8.28. The van der Waals surface area contributed by atoms with Crippen LogP contribution in [-0.4, -0.2) is 49.7 Å². The Morgan fingerprint density at radius 1 is 1.28 bits per heavy atom. The lowest BCUT2D eigenvalue weighted by atomic mass is 9.72. The highest BCUT2D eigenvalue weighted by molar-refractivity contribution is 4.83. The van der Waals surface area contributed by atoms with Gasteiger partial charge in [-0.3, -0.25) is 0 Å². The molecule has 0 aliphatic heterocycles. The number of rotatable bonds is 10. The molecule has 3 N–H and O–H groups in total. The number of ether oxygens (including phenoxy) is 1. The average Bonchev–Trinajstić information content (AvgIpc) is 2.27. The highest BCUT2D eigenvalue weighted by Crippen LogP contribution is 2.36. The number of hydrogen-bond acceptors (Lipinski definition) is 4. The number of nitrogens with one attached hydrogen (secondary N) is 1. The minimum atomic E-state index is -0.668. The van der Waals surface area contributed by atoms with Gasteiger partial charge in [-0.05, 0) is 23.7 Å². The molecule has 110 valence electrons. The molecule has 4 heteroatoms. The van der Waals surface area contributed by atoms with Crippen LogP contribution >= 0.6 is 0 Å². The summed E-state index contributed by atoms with van der Waals surface area (Å²) in [4.78, 5) is 0. The summed E-state index contributed by atoms with van der Waals surface area (Å²) in [6.07, 6.45) is 1.47. The maximum Gasteiger partial charge on any atom is 0.0894 e. The quantitative estimate of drug-likeness (QED) is 0.556. The van der Waals surface area contributed by atoms with Crippen molar-refractivity contribution in [1.29, 1.82) is 0 Å². The highest BCUT2D eigenvalue weighted by atomic mass is 16.5. The molecule has 18 heavy (non-hydrogen) atoms. The van der Waals surface area contributed by atoms with Crippen LogP contribution in [0.4, 0.5) is 0 Å². The summed E-state index contributed by atoms with van der Waals surface area (Å²) >= 11 is 0. The van der Waals surface area contributed by atoms with Gasteiger partial charge in [-0.1, -0.05) is 27.7 Å². The molecule has 0 aliphatic rings. The van der Waals surface area contributed by atoms with Gasteiger partial charge >= 0.3 is 0 Å². The first-order valence-electron chi connectivity index (χ1n) is 6.77. The van der Waals surface area contributed by atoms with Crippen molar-refractivity contribution in [2.45, 2.75) is 46.6 Å². The summed E-state index contributed by atoms with van der Waals surface area (Å²) in [5, 5.41) is 21.3. The topological polar surface area (TPSA) is 61.7 Å². The van der Waals surface area contributed by atoms with Crippen LogP contribution < -0.4 is 5.32 Å². The van der Waals surface area contributed by atoms with E-state index in [0.29, 0.717) is 6.54 Å². The van der Waals surface area contributed by atoms with Gasteiger partial charge in [-0.15, -0.1) is 0 Å². The van der Waals surface area contributed by atoms with Gasteiger partial charge in [0.25, 0.3) is 0 Å². The zero-order valence-corrected chi connectivity index (χ0v) is 12.6. The van der Waals surface area contributed by atoms with E-state index in [9.17, 15) is 5.11 Å². The fraction of sp³-hybridized carbons (Fsp3) is 1.00. The van der Waals surface area contributed by atoms with Crippen LogP contribution in [-0.2, 0) is 4.74 Å². The predicted molar refractivity (Wildman–Crippen MR) is 74.6 cm³/mol. The van der Waals surface area contributed by atoms with Crippen LogP contribution in [0.3, 0.4) is 0 Å². The SMILES string of the molecule is CCC(C)(CNCC(O)CO)CC(C)(C)COC. The molecule has 0 aromatic carbocycles. The van der Waals surface area contributed by atoms with Crippen LogP contribution in [0.15, 0.2) is 0 Å². The van der Waals surface area contributed by atoms with E-state index < -0.39 is 6.10 Å². The van der Waals surface area contributed by atoms with Crippen molar-refractivity contribution >= 4 is 0 Å². The van der Waals surface area contributed by atoms with Crippen molar-refractivity contribution in [2.75, 3.05) is 33.4 Å². The van der Waals surface area contributed by atoms with Crippen LogP contribution in [0.5, 0.6) is 0 Å². The molecule has 0 aromatic rings. The van der Waals surface area contributed by atoms with Crippen molar-refractivity contribution in [2.24, 2.45) is 10.8 Å². The van der Waals surface area contributed by atoms with Gasteiger partial charge in [0.05, 0.1) is 19.3 Å². The fourth-order valence-corrected chi connectivity index (χ4v) is 2.51. The normalized spacial score (nSPS) is 17.5. The minimum absolute atomic E-state index is 0.150. The Morgan fingerprint density at radius 3 is 2.33 bits per heavy atom. The summed E-state index contributed by atoms with van der Waals surface area (Å²) in [6.45, 7) is 10.7. The average molecular weight is 261 g/mol. The molecule has 0 fully saturated rings. The number of aliphatic hydroxyl groups is 2. The molecular weight excluding hydrogens is 230 g/mol. The van der Waals surface area contributed by atoms with Gasteiger partial charge in [-0.2, -0.15) is 0 Å². The Bertz CT molecular complexity index is 221. The molecule has 4 nitrogen and oxygen atoms in total. The van der Waals surface area contributed by atoms with Gasteiger partial charge in [-0.25, -0.2) is 0 Å². The Balaban J connectivity index is 4.25. The largest absolute Gasteiger partial charge is 0.394 e. The van der Waals surface area contributed by atoms with E-state index in [-0.39, 0.29) is 17.4 Å². The molecule has 2 unspecified atom stereocenters. The van der Waals surface area contributed by atoms with Gasteiger partial charge in [0.2, 0.25) is 0 Å². The maximum absolute atomic E-state index is 9.31. The lowest BCUT2D eigenvalue weighted by Gasteiger charge is -2.37. The number of aliphatic hydroxyl groups excluding tert-OH is 2. The molecule has 0 aliphatic carbocycles. The third-order valence-electron chi connectivity index (χ3n) is 3.44. The first kappa shape index (κ1) is 17.8. The minimum Gasteiger partial charge on any atom is -0.394 e. The Hall–Kier alpha value is -0.160. The molecule has 0 saturated heterocycles. The molecule has 0 bridgehead atoms. The predicted octanol–water partition coefficient (Wildman–Crippen LogP) is 1.41. The fourth-order valence-electron chi connectivity index (χ4n) is 2.51. The zero-order chi connectivity index (χ0) is 14.2. The van der Waals surface area contributed by atoms with E-state index in [1.165, 1.54) is 0 Å². The van der Waals surface area contributed by atoms with Crippen molar-refractivity contribution in [3.8, 4) is 0 Å². The molecule has 2 atom stereocenters. The van der Waals surface area contributed by atoms with Gasteiger partial charge in [0.15, 0.2) is 0 Å². The standard InChI is InChI=1S/C14H31NO3/c1-6-14(4,9-13(2,3)11-18-5)10-15-7-12(17)8-16/h12,15-17H,6-11H2,1-5H3. The summed E-state index contributed by atoms with van der Waals surface area (Å²) in [5.74, 6) is 0. The van der Waals surface area contributed by atoms with Crippen molar-refractivity contribution in [1.82, 2.24) is 5.32 Å². The second-order valence-electron chi connectivity index (χ2n) is 6.41. The second kappa shape index (κ2) is 8.10. The molecule has 0 aromatic heterocycles. The zero-order valence-electron chi connectivity index (χ0n) is 12.6. The lowest BCUT2D eigenvalue weighted by molar-refractivity contribution is 0.0563. The summed E-state index contributed by atoms with van der Waals surface area (Å²) < 4.78 is 5.26. The van der Waals surface area contributed by atoms with Crippen LogP contribution in [0, 0.1) is 10.8 Å². The van der Waals surface area contributed by atoms with Crippen molar-refractivity contribution in [3.63, 3.8) is 0 Å². The van der Waals surface area contributed by atoms with Crippen LogP contribution in [0.25, 0.3) is 0 Å². The smallest absolute Gasteiger partial charge is 0.0894 e. The summed E-state index contributed by atoms with van der Waals surface area (Å²) in [6, 6.07) is 0. The number of hydrogen-bond donors (Lipinski definition) is 3. The van der Waals surface area contributed by atoms with E-state index >= 15 is 0 Å². The summed E-state index contributed by atoms with van der Waals surface area (Å²) in [7, 11) is 1.74. The van der Waals surface area contributed by atoms with Crippen LogP contribution in [0.1, 0.15) is 40.5 Å². The third kappa shape index (κ3) is 7.31. The van der Waals surface area contributed by atoms with Crippen molar-refractivity contribution < 1.29 is 14.9 Å². The van der Waals surface area contributed by atoms with Gasteiger partial charge in [0.1, 0.15) is 0 Å². The van der Waals surface area contributed by atoms with E-state index in [1.807, 2.05) is 0 Å². The highest BCUT2D eigenvalue weighted by Gasteiger charge is 2.31. The monoisotopic (exact) mass is 261 g/mol. The first-order valence-corrected chi connectivity index (χ1v) is 6.77. The van der Waals surface area contributed by atoms with Crippen molar-refractivity contribution in [3.05, 3.63) is 0 Å². The number of methoxy groups -OCH3 is 1. The maximum atomic E-state index is 9.31. The van der Waals surface area contributed by atoms with E-state index in [1.54, 1.807) is 7.11 Å². The van der Waals surface area contributed by atoms with E-state index in [2.05, 4.69) is 33.0 Å². The van der Waals surface area contributed by atoms with E-state index in [0.717, 1.165) is 26.0 Å². The lowest BCUT2D eigenvalue weighted by Crippen LogP contribution is -2.40. The molecule has 0 radical (unpaired) electrons. The van der Waals surface area contributed by atoms with E-state index in [4.69, 9.17) is 9.84 Å². The molecule has 0 heterocycles.